The van der Waals surface area contributed by atoms with Crippen LogP contribution in [-0.4, -0.2) is 16.7 Å². The molecule has 3 N–H and O–H groups in total. The first-order chi connectivity index (χ1) is 9.25. The van der Waals surface area contributed by atoms with Gasteiger partial charge in [-0.3, -0.25) is 0 Å². The van der Waals surface area contributed by atoms with Crippen LogP contribution in [0.2, 0.25) is 0 Å². The summed E-state index contributed by atoms with van der Waals surface area (Å²) in [7, 11) is 0. The minimum absolute atomic E-state index is 0.312. The van der Waals surface area contributed by atoms with Crippen LogP contribution in [0.1, 0.15) is 44.4 Å². The van der Waals surface area contributed by atoms with Crippen LogP contribution in [0.3, 0.4) is 0 Å². The van der Waals surface area contributed by atoms with E-state index in [1.807, 2.05) is 0 Å². The summed E-state index contributed by atoms with van der Waals surface area (Å²) in [6, 6.07) is 0.538. The van der Waals surface area contributed by atoms with Crippen molar-refractivity contribution in [1.82, 2.24) is 10.2 Å². The molecule has 0 saturated heterocycles. The Morgan fingerprint density at radius 2 is 1.74 bits per heavy atom. The van der Waals surface area contributed by atoms with Crippen LogP contribution >= 0.6 is 0 Å². The molecular formula is C14H22N4O. The number of nitrogens with two attached hydrogens (primary N) is 1. The van der Waals surface area contributed by atoms with Gasteiger partial charge in [-0.1, -0.05) is 5.10 Å². The van der Waals surface area contributed by atoms with Gasteiger partial charge in [0.15, 0.2) is 0 Å². The quantitative estimate of drug-likeness (QED) is 0.869. The molecule has 0 amide bonds. The predicted molar refractivity (Wildman–Crippen MR) is 71.3 cm³/mol. The minimum atomic E-state index is 0.312. The third-order valence-corrected chi connectivity index (χ3v) is 5.42. The molecule has 5 heteroatoms. The average Bonchev–Trinajstić information content (AvgIpc) is 2.83. The van der Waals surface area contributed by atoms with Gasteiger partial charge in [-0.05, 0) is 61.7 Å². The third-order valence-electron chi connectivity index (χ3n) is 5.42. The number of rotatable bonds is 4. The van der Waals surface area contributed by atoms with Crippen LogP contribution < -0.4 is 11.1 Å². The summed E-state index contributed by atoms with van der Waals surface area (Å²) in [5.41, 5.74) is 5.97. The molecule has 5 nitrogen and oxygen atoms in total. The van der Waals surface area contributed by atoms with Gasteiger partial charge in [-0.25, -0.2) is 0 Å². The van der Waals surface area contributed by atoms with Crippen molar-refractivity contribution < 1.29 is 4.42 Å². The summed E-state index contributed by atoms with van der Waals surface area (Å²) in [5.74, 6) is 3.45. The van der Waals surface area contributed by atoms with E-state index >= 15 is 0 Å². The molecule has 0 aromatic carbocycles. The molecule has 1 aromatic rings. The summed E-state index contributed by atoms with van der Waals surface area (Å²) in [6.07, 6.45) is 8.63. The topological polar surface area (TPSA) is 77.0 Å². The van der Waals surface area contributed by atoms with Crippen molar-refractivity contribution >= 4 is 6.01 Å². The lowest BCUT2D eigenvalue weighted by molar-refractivity contribution is -0.0446. The highest BCUT2D eigenvalue weighted by Crippen LogP contribution is 2.59. The van der Waals surface area contributed by atoms with Gasteiger partial charge >= 0.3 is 6.01 Å². The third kappa shape index (κ3) is 2.04. The maximum absolute atomic E-state index is 5.48. The first kappa shape index (κ1) is 11.7. The smallest absolute Gasteiger partial charge is 0.315 e. The van der Waals surface area contributed by atoms with E-state index in [1.54, 1.807) is 0 Å². The second kappa shape index (κ2) is 4.20. The lowest BCUT2D eigenvalue weighted by Crippen LogP contribution is -2.49. The predicted octanol–water partition coefficient (Wildman–Crippen LogP) is 2.16. The van der Waals surface area contributed by atoms with Crippen molar-refractivity contribution in [3.05, 3.63) is 5.89 Å². The maximum Gasteiger partial charge on any atom is 0.315 e. The Morgan fingerprint density at radius 1 is 1.11 bits per heavy atom. The number of nitrogens with one attached hydrogen (secondary N) is 1. The molecular weight excluding hydrogens is 240 g/mol. The second-order valence-electron chi connectivity index (χ2n) is 6.98. The van der Waals surface area contributed by atoms with E-state index in [2.05, 4.69) is 15.5 Å². The van der Waals surface area contributed by atoms with E-state index < -0.39 is 0 Å². The van der Waals surface area contributed by atoms with Gasteiger partial charge in [0, 0.05) is 6.54 Å². The van der Waals surface area contributed by atoms with E-state index in [-0.39, 0.29) is 0 Å². The highest BCUT2D eigenvalue weighted by atomic mass is 16.4. The molecule has 1 heterocycles. The van der Waals surface area contributed by atoms with Gasteiger partial charge in [0.1, 0.15) is 0 Å². The molecule has 19 heavy (non-hydrogen) atoms. The fourth-order valence-electron chi connectivity index (χ4n) is 5.18. The molecule has 4 bridgehead atoms. The van der Waals surface area contributed by atoms with E-state index in [0.717, 1.165) is 24.3 Å². The van der Waals surface area contributed by atoms with E-state index in [9.17, 15) is 0 Å². The van der Waals surface area contributed by atoms with Gasteiger partial charge in [0.25, 0.3) is 0 Å². The van der Waals surface area contributed by atoms with E-state index in [4.69, 9.17) is 10.2 Å². The molecule has 0 spiro atoms. The van der Waals surface area contributed by atoms with Gasteiger partial charge in [0.05, 0.1) is 6.54 Å². The lowest BCUT2D eigenvalue weighted by Gasteiger charge is -2.56. The first-order valence-electron chi connectivity index (χ1n) is 7.51. The molecule has 4 saturated carbocycles. The number of anilines is 1. The minimum Gasteiger partial charge on any atom is -0.407 e. The fraction of sp³-hybridized carbons (Fsp3) is 0.857. The van der Waals surface area contributed by atoms with Crippen molar-refractivity contribution in [2.24, 2.45) is 28.9 Å². The molecule has 0 aliphatic heterocycles. The van der Waals surface area contributed by atoms with Gasteiger partial charge in [0.2, 0.25) is 5.89 Å². The zero-order valence-electron chi connectivity index (χ0n) is 11.3. The molecule has 0 radical (unpaired) electrons. The monoisotopic (exact) mass is 262 g/mol. The average molecular weight is 262 g/mol. The van der Waals surface area contributed by atoms with Crippen molar-refractivity contribution in [2.75, 3.05) is 11.9 Å². The first-order valence-corrected chi connectivity index (χ1v) is 7.51. The van der Waals surface area contributed by atoms with Crippen LogP contribution in [0.25, 0.3) is 0 Å². The Labute approximate surface area is 113 Å². The summed E-state index contributed by atoms with van der Waals surface area (Å²) in [4.78, 5) is 0. The van der Waals surface area contributed by atoms with Crippen molar-refractivity contribution in [2.45, 2.75) is 45.1 Å². The second-order valence-corrected chi connectivity index (χ2v) is 6.98. The summed E-state index contributed by atoms with van der Waals surface area (Å²) in [6.45, 7) is 1.30. The largest absolute Gasteiger partial charge is 0.407 e. The Bertz CT molecular complexity index is 434. The summed E-state index contributed by atoms with van der Waals surface area (Å²) in [5, 5.41) is 11.3. The lowest BCUT2D eigenvalue weighted by atomic mass is 9.49. The van der Waals surface area contributed by atoms with Crippen LogP contribution in [0.15, 0.2) is 4.42 Å². The highest BCUT2D eigenvalue weighted by Gasteiger charge is 2.50. The van der Waals surface area contributed by atoms with Gasteiger partial charge in [-0.2, -0.15) is 0 Å². The zero-order chi connectivity index (χ0) is 12.9. The summed E-state index contributed by atoms with van der Waals surface area (Å²) < 4.78 is 5.44. The highest BCUT2D eigenvalue weighted by molar-refractivity contribution is 5.19. The molecule has 4 aliphatic rings. The number of aromatic nitrogens is 2. The summed E-state index contributed by atoms with van der Waals surface area (Å²) >= 11 is 0. The van der Waals surface area contributed by atoms with E-state index in [1.165, 1.54) is 38.5 Å². The number of nitrogens with zero attached hydrogens (tertiary/aromatic N) is 2. The van der Waals surface area contributed by atoms with Gasteiger partial charge in [-0.15, -0.1) is 5.10 Å². The molecule has 0 unspecified atom stereocenters. The number of hydrogen-bond acceptors (Lipinski definition) is 5. The van der Waals surface area contributed by atoms with Crippen molar-refractivity contribution in [1.29, 1.82) is 0 Å². The Morgan fingerprint density at radius 3 is 2.26 bits per heavy atom. The van der Waals surface area contributed by atoms with Crippen molar-refractivity contribution in [3.8, 4) is 0 Å². The van der Waals surface area contributed by atoms with Crippen LogP contribution in [0.4, 0.5) is 6.01 Å². The molecule has 4 aliphatic carbocycles. The normalized spacial score (nSPS) is 39.7. The molecule has 104 valence electrons. The van der Waals surface area contributed by atoms with Crippen molar-refractivity contribution in [3.63, 3.8) is 0 Å². The SMILES string of the molecule is NCc1nnc(NCC23CC4CC(CC(C4)C2)C3)o1. The standard InChI is InChI=1S/C14H22N4O/c15-7-12-17-18-13(19-12)16-8-14-4-9-1-10(5-14)3-11(2-9)6-14/h9-11H,1-8,15H2,(H,16,18). The fourth-order valence-corrected chi connectivity index (χ4v) is 5.18. The molecule has 5 rings (SSSR count). The maximum atomic E-state index is 5.48. The molecule has 1 aromatic heterocycles. The van der Waals surface area contributed by atoms with E-state index in [0.29, 0.717) is 23.9 Å². The molecule has 0 atom stereocenters. The Hall–Kier alpha value is -1.10. The Balaban J connectivity index is 1.44. The van der Waals surface area contributed by atoms with Crippen LogP contribution in [0.5, 0.6) is 0 Å². The van der Waals surface area contributed by atoms with Crippen LogP contribution in [0, 0.1) is 23.2 Å². The van der Waals surface area contributed by atoms with Crippen LogP contribution in [-0.2, 0) is 6.54 Å². The Kier molecular flexibility index (Phi) is 2.59. The number of hydrogen-bond donors (Lipinski definition) is 2. The van der Waals surface area contributed by atoms with Gasteiger partial charge < -0.3 is 15.5 Å². The zero-order valence-corrected chi connectivity index (χ0v) is 11.3. The molecule has 4 fully saturated rings.